The summed E-state index contributed by atoms with van der Waals surface area (Å²) in [5, 5.41) is 0.691. The molecule has 2 aromatic heterocycles. The van der Waals surface area contributed by atoms with E-state index in [0.29, 0.717) is 66.5 Å². The molecular formula is C28H31FN6O3. The molecule has 2 N–H and O–H groups in total. The van der Waals surface area contributed by atoms with Crippen LogP contribution in [0.15, 0.2) is 42.9 Å². The van der Waals surface area contributed by atoms with Gasteiger partial charge in [-0.2, -0.15) is 0 Å². The number of benzene rings is 1. The zero-order valence-corrected chi connectivity index (χ0v) is 21.6. The van der Waals surface area contributed by atoms with Crippen molar-refractivity contribution in [2.75, 3.05) is 52.7 Å². The van der Waals surface area contributed by atoms with Gasteiger partial charge >= 0.3 is 0 Å². The molecule has 38 heavy (non-hydrogen) atoms. The average Bonchev–Trinajstić information content (AvgIpc) is 3.66. The fourth-order valence-corrected chi connectivity index (χ4v) is 5.03. The first kappa shape index (κ1) is 25.5. The predicted octanol–water partition coefficient (Wildman–Crippen LogP) is 2.80. The van der Waals surface area contributed by atoms with Crippen molar-refractivity contribution in [3.05, 3.63) is 54.0 Å². The highest BCUT2D eigenvalue weighted by Gasteiger charge is 2.28. The monoisotopic (exact) mass is 518 g/mol. The number of ether oxygens (including phenoxy) is 2. The Morgan fingerprint density at radius 2 is 1.92 bits per heavy atom. The molecule has 1 unspecified atom stereocenters. The van der Waals surface area contributed by atoms with Gasteiger partial charge in [0.05, 0.1) is 31.2 Å². The summed E-state index contributed by atoms with van der Waals surface area (Å²) >= 11 is 0. The minimum atomic E-state index is -0.763. The first-order valence-corrected chi connectivity index (χ1v) is 12.6. The number of nitrogens with two attached hydrogens (primary N) is 1. The Hall–Kier alpha value is -4.10. The molecule has 4 heterocycles. The summed E-state index contributed by atoms with van der Waals surface area (Å²) in [5.41, 5.74) is 8.38. The molecule has 0 radical (unpaired) electrons. The molecule has 1 aromatic carbocycles. The number of hydrogen-bond donors (Lipinski definition) is 1. The number of halogens is 1. The summed E-state index contributed by atoms with van der Waals surface area (Å²) in [6, 6.07) is 5.49. The van der Waals surface area contributed by atoms with Gasteiger partial charge in [0.1, 0.15) is 35.5 Å². The van der Waals surface area contributed by atoms with Crippen molar-refractivity contribution in [2.45, 2.75) is 25.1 Å². The van der Waals surface area contributed by atoms with Gasteiger partial charge < -0.3 is 24.7 Å². The molecule has 0 bridgehead atoms. The second kappa shape index (κ2) is 11.1. The third-order valence-corrected chi connectivity index (χ3v) is 7.04. The van der Waals surface area contributed by atoms with Crippen LogP contribution >= 0.6 is 0 Å². The van der Waals surface area contributed by atoms with E-state index in [2.05, 4.69) is 21.8 Å². The summed E-state index contributed by atoms with van der Waals surface area (Å²) in [7, 11) is 3.19. The van der Waals surface area contributed by atoms with E-state index in [4.69, 9.17) is 15.2 Å². The summed E-state index contributed by atoms with van der Waals surface area (Å²) in [6.45, 7) is 2.94. The smallest absolute Gasteiger partial charge is 0.246 e. The number of fused-ring (bicyclic) bond motifs is 1. The number of likely N-dealkylation sites (tertiary alicyclic amines) is 2. The van der Waals surface area contributed by atoms with Crippen molar-refractivity contribution in [2.24, 2.45) is 0 Å². The van der Waals surface area contributed by atoms with Gasteiger partial charge in [-0.05, 0) is 25.0 Å². The number of rotatable bonds is 6. The molecule has 9 nitrogen and oxygen atoms in total. The Balaban J connectivity index is 1.35. The van der Waals surface area contributed by atoms with Crippen molar-refractivity contribution in [3.63, 3.8) is 0 Å². The van der Waals surface area contributed by atoms with Crippen LogP contribution in [0.1, 0.15) is 30.0 Å². The number of amides is 1. The fourth-order valence-electron chi connectivity index (χ4n) is 5.03. The van der Waals surface area contributed by atoms with Crippen LogP contribution in [0, 0.1) is 11.8 Å². The maximum absolute atomic E-state index is 13.4. The van der Waals surface area contributed by atoms with Crippen molar-refractivity contribution >= 4 is 22.8 Å². The Kier molecular flexibility index (Phi) is 7.47. The second-order valence-corrected chi connectivity index (χ2v) is 9.53. The van der Waals surface area contributed by atoms with E-state index < -0.39 is 6.17 Å². The minimum Gasteiger partial charge on any atom is -0.497 e. The molecule has 0 saturated carbocycles. The molecule has 0 aliphatic carbocycles. The van der Waals surface area contributed by atoms with Crippen LogP contribution in [0.5, 0.6) is 11.5 Å². The topological polar surface area (TPSA) is 98.7 Å². The number of alkyl halides is 1. The van der Waals surface area contributed by atoms with E-state index in [1.807, 2.05) is 38.8 Å². The van der Waals surface area contributed by atoms with E-state index in [1.165, 1.54) is 6.33 Å². The minimum absolute atomic E-state index is 0.0301. The van der Waals surface area contributed by atoms with Crippen LogP contribution < -0.4 is 15.2 Å². The third kappa shape index (κ3) is 5.43. The van der Waals surface area contributed by atoms with Gasteiger partial charge in [0.2, 0.25) is 5.91 Å². The summed E-state index contributed by atoms with van der Waals surface area (Å²) in [4.78, 5) is 25.3. The Bertz CT molecular complexity index is 1400. The Labute approximate surface area is 221 Å². The lowest BCUT2D eigenvalue weighted by atomic mass is 10.1. The van der Waals surface area contributed by atoms with Crippen molar-refractivity contribution in [3.8, 4) is 23.3 Å². The Morgan fingerprint density at radius 3 is 2.63 bits per heavy atom. The number of nitrogen functional groups attached to an aromatic ring is 1. The zero-order valence-electron chi connectivity index (χ0n) is 21.6. The van der Waals surface area contributed by atoms with Gasteiger partial charge in [-0.25, -0.2) is 14.4 Å². The number of anilines is 1. The van der Waals surface area contributed by atoms with Gasteiger partial charge in [0.15, 0.2) is 0 Å². The van der Waals surface area contributed by atoms with Gasteiger partial charge in [-0.1, -0.05) is 17.9 Å². The number of carbonyl (C=O) groups is 1. The van der Waals surface area contributed by atoms with Gasteiger partial charge in [0.25, 0.3) is 0 Å². The van der Waals surface area contributed by atoms with Gasteiger partial charge in [-0.15, -0.1) is 0 Å². The number of methoxy groups -OCH3 is 2. The number of carbonyl (C=O) groups excluding carboxylic acids is 1. The van der Waals surface area contributed by atoms with E-state index in [9.17, 15) is 9.18 Å². The largest absolute Gasteiger partial charge is 0.497 e. The van der Waals surface area contributed by atoms with Crippen molar-refractivity contribution < 1.29 is 18.7 Å². The third-order valence-electron chi connectivity index (χ3n) is 7.04. The number of nitrogens with zero attached hydrogens (tertiary/aromatic N) is 5. The molecular weight excluding hydrogens is 487 g/mol. The lowest BCUT2D eigenvalue weighted by molar-refractivity contribution is -0.125. The molecule has 2 aliphatic rings. The van der Waals surface area contributed by atoms with Crippen LogP contribution in [-0.2, 0) is 4.79 Å². The molecule has 0 spiro atoms. The lowest BCUT2D eigenvalue weighted by Gasteiger charge is -2.16. The first-order valence-electron chi connectivity index (χ1n) is 12.6. The molecule has 10 heteroatoms. The molecule has 2 saturated heterocycles. The lowest BCUT2D eigenvalue weighted by Crippen LogP contribution is -2.28. The molecule has 3 aromatic rings. The molecule has 2 atom stereocenters. The molecule has 198 valence electrons. The summed E-state index contributed by atoms with van der Waals surface area (Å²) in [5.74, 6) is 8.00. The van der Waals surface area contributed by atoms with Crippen LogP contribution in [0.4, 0.5) is 10.2 Å². The normalized spacial score (nSPS) is 19.7. The highest BCUT2D eigenvalue weighted by molar-refractivity contribution is 5.92. The van der Waals surface area contributed by atoms with E-state index in [0.717, 1.165) is 18.5 Å². The van der Waals surface area contributed by atoms with E-state index >= 15 is 0 Å². The summed E-state index contributed by atoms with van der Waals surface area (Å²) < 4.78 is 26.1. The van der Waals surface area contributed by atoms with Crippen molar-refractivity contribution in [1.82, 2.24) is 24.3 Å². The van der Waals surface area contributed by atoms with Gasteiger partial charge in [0, 0.05) is 56.6 Å². The molecule has 5 rings (SSSR count). The van der Waals surface area contributed by atoms with Crippen LogP contribution in [0.2, 0.25) is 0 Å². The fraction of sp³-hybridized carbons (Fsp3) is 0.393. The van der Waals surface area contributed by atoms with Crippen LogP contribution in [0.3, 0.4) is 0 Å². The standard InChI is InChI=1S/C28H31FN6O3/c1-37-23-12-19(13-24(14-23)38-2)5-6-20-15-35(28-26(20)27(30)31-18-32-28)22-8-11-34(17-22)25(36)4-3-9-33-10-7-21(29)16-33/h3-4,12-15,18,21-22H,7-11,16-17H2,1-2H3,(H2,30,31,32)/b4-3+/t21?,22-/m0/s1. The quantitative estimate of drug-likeness (QED) is 0.396. The average molecular weight is 519 g/mol. The van der Waals surface area contributed by atoms with E-state index in [1.54, 1.807) is 26.4 Å². The van der Waals surface area contributed by atoms with Gasteiger partial charge in [-0.3, -0.25) is 9.69 Å². The molecule has 1 amide bonds. The van der Waals surface area contributed by atoms with Crippen LogP contribution in [-0.4, -0.2) is 83.4 Å². The molecule has 2 fully saturated rings. The second-order valence-electron chi connectivity index (χ2n) is 9.53. The SMILES string of the molecule is COc1cc(C#Cc2cn([C@H]3CCN(C(=O)/C=C/CN4CCC(F)C4)C3)c3ncnc(N)c23)cc(OC)c1. The maximum Gasteiger partial charge on any atom is 0.246 e. The zero-order chi connectivity index (χ0) is 26.6. The number of aromatic nitrogens is 3. The summed E-state index contributed by atoms with van der Waals surface area (Å²) in [6.07, 6.45) is 7.39. The van der Waals surface area contributed by atoms with Crippen LogP contribution in [0.25, 0.3) is 11.0 Å². The predicted molar refractivity (Wildman–Crippen MR) is 143 cm³/mol. The highest BCUT2D eigenvalue weighted by atomic mass is 19.1. The maximum atomic E-state index is 13.4. The van der Waals surface area contributed by atoms with Crippen molar-refractivity contribution in [1.29, 1.82) is 0 Å². The van der Waals surface area contributed by atoms with E-state index in [-0.39, 0.29) is 11.9 Å². The molecule has 2 aliphatic heterocycles. The highest BCUT2D eigenvalue weighted by Crippen LogP contribution is 2.31. The Morgan fingerprint density at radius 1 is 1.13 bits per heavy atom. The number of hydrogen-bond acceptors (Lipinski definition) is 7. The first-order chi connectivity index (χ1) is 18.4.